The van der Waals surface area contributed by atoms with Crippen molar-refractivity contribution in [3.05, 3.63) is 143 Å². The van der Waals surface area contributed by atoms with Crippen LogP contribution in [0.1, 0.15) is 46.4 Å². The molecular formula is C31H25F4N3O. The van der Waals surface area contributed by atoms with Crippen molar-refractivity contribution < 1.29 is 22.8 Å². The van der Waals surface area contributed by atoms with E-state index < -0.39 is 59.3 Å². The van der Waals surface area contributed by atoms with E-state index in [-0.39, 0.29) is 28.0 Å². The Labute approximate surface area is 223 Å². The minimum atomic E-state index is -0.836. The third-order valence-corrected chi connectivity index (χ3v) is 7.91. The molecule has 198 valence electrons. The molecule has 0 aromatic heterocycles. The summed E-state index contributed by atoms with van der Waals surface area (Å²) in [6, 6.07) is 21.2. The van der Waals surface area contributed by atoms with Crippen LogP contribution >= 0.6 is 0 Å². The second kappa shape index (κ2) is 10.3. The van der Waals surface area contributed by atoms with E-state index in [0.717, 1.165) is 0 Å². The van der Waals surface area contributed by atoms with Gasteiger partial charge in [0, 0.05) is 58.3 Å². The summed E-state index contributed by atoms with van der Waals surface area (Å²) < 4.78 is 61.1. The molecule has 2 fully saturated rings. The first-order chi connectivity index (χ1) is 19.0. The van der Waals surface area contributed by atoms with Gasteiger partial charge in [0.05, 0.1) is 5.71 Å². The minimum absolute atomic E-state index is 0.204. The number of piperidine rings is 2. The van der Waals surface area contributed by atoms with E-state index in [1.807, 2.05) is 0 Å². The minimum Gasteiger partial charge on any atom is -0.411 e. The zero-order valence-corrected chi connectivity index (χ0v) is 20.6. The van der Waals surface area contributed by atoms with Gasteiger partial charge in [-0.1, -0.05) is 78.0 Å². The molecule has 4 nitrogen and oxygen atoms in total. The summed E-state index contributed by atoms with van der Waals surface area (Å²) >= 11 is 0. The monoisotopic (exact) mass is 531 g/mol. The van der Waals surface area contributed by atoms with Gasteiger partial charge in [0.15, 0.2) is 0 Å². The summed E-state index contributed by atoms with van der Waals surface area (Å²) in [5.74, 6) is -3.63. The molecule has 4 aromatic carbocycles. The lowest BCUT2D eigenvalue weighted by atomic mass is 9.63. The molecule has 0 aliphatic carbocycles. The lowest BCUT2D eigenvalue weighted by Crippen LogP contribution is -2.61. The Morgan fingerprint density at radius 1 is 0.462 bits per heavy atom. The van der Waals surface area contributed by atoms with Crippen LogP contribution in [0.4, 0.5) is 17.6 Å². The molecule has 2 bridgehead atoms. The van der Waals surface area contributed by atoms with Crippen molar-refractivity contribution in [1.82, 2.24) is 10.6 Å². The number of nitrogens with one attached hydrogen (secondary N) is 2. The zero-order valence-electron chi connectivity index (χ0n) is 20.6. The van der Waals surface area contributed by atoms with Gasteiger partial charge in [-0.05, 0) is 24.3 Å². The van der Waals surface area contributed by atoms with Crippen LogP contribution in [0.2, 0.25) is 0 Å². The molecule has 8 heteroatoms. The Bertz CT molecular complexity index is 1330. The van der Waals surface area contributed by atoms with Crippen molar-refractivity contribution in [2.75, 3.05) is 0 Å². The fourth-order valence-corrected chi connectivity index (χ4v) is 6.27. The molecule has 2 saturated heterocycles. The molecule has 0 saturated carbocycles. The van der Waals surface area contributed by atoms with E-state index in [0.29, 0.717) is 0 Å². The summed E-state index contributed by atoms with van der Waals surface area (Å²) in [7, 11) is 0. The normalized spacial score (nSPS) is 26.3. The summed E-state index contributed by atoms with van der Waals surface area (Å²) in [6.07, 6.45) is 0. The molecule has 0 radical (unpaired) electrons. The molecule has 4 atom stereocenters. The van der Waals surface area contributed by atoms with Crippen molar-refractivity contribution in [3.63, 3.8) is 0 Å². The molecule has 0 spiro atoms. The van der Waals surface area contributed by atoms with Gasteiger partial charge in [-0.15, -0.1) is 0 Å². The SMILES string of the molecule is ON=C1C2C(c3ccccc3F)NC(c3ccccc3F)C1C(c1ccccc1F)NC2c1ccccc1F. The van der Waals surface area contributed by atoms with Gasteiger partial charge in [-0.2, -0.15) is 0 Å². The van der Waals surface area contributed by atoms with Crippen LogP contribution in [0.5, 0.6) is 0 Å². The lowest BCUT2D eigenvalue weighted by molar-refractivity contribution is 0.142. The lowest BCUT2D eigenvalue weighted by Gasteiger charge is -2.54. The van der Waals surface area contributed by atoms with Gasteiger partial charge in [0.1, 0.15) is 23.3 Å². The highest BCUT2D eigenvalue weighted by Crippen LogP contribution is 2.53. The van der Waals surface area contributed by atoms with E-state index >= 15 is 17.6 Å². The number of nitrogens with zero attached hydrogens (tertiary/aromatic N) is 1. The second-order valence-electron chi connectivity index (χ2n) is 9.91. The van der Waals surface area contributed by atoms with Crippen LogP contribution in [0.15, 0.2) is 102 Å². The largest absolute Gasteiger partial charge is 0.411 e. The van der Waals surface area contributed by atoms with Crippen LogP contribution in [0.25, 0.3) is 0 Å². The van der Waals surface area contributed by atoms with E-state index in [1.165, 1.54) is 24.3 Å². The number of oxime groups is 1. The van der Waals surface area contributed by atoms with E-state index in [1.54, 1.807) is 72.8 Å². The van der Waals surface area contributed by atoms with Crippen LogP contribution in [-0.4, -0.2) is 10.9 Å². The van der Waals surface area contributed by atoms with E-state index in [9.17, 15) is 5.21 Å². The Morgan fingerprint density at radius 3 is 0.949 bits per heavy atom. The fraction of sp³-hybridized carbons (Fsp3) is 0.194. The number of benzene rings is 4. The Kier molecular flexibility index (Phi) is 6.66. The summed E-state index contributed by atoms with van der Waals surface area (Å²) in [5, 5.41) is 21.0. The summed E-state index contributed by atoms with van der Waals surface area (Å²) in [6.45, 7) is 0. The number of rotatable bonds is 4. The number of hydrogen-bond acceptors (Lipinski definition) is 4. The van der Waals surface area contributed by atoms with Crippen molar-refractivity contribution in [2.45, 2.75) is 24.2 Å². The maximum absolute atomic E-state index is 15.3. The van der Waals surface area contributed by atoms with E-state index in [2.05, 4.69) is 15.8 Å². The second-order valence-corrected chi connectivity index (χ2v) is 9.91. The summed E-state index contributed by atoms with van der Waals surface area (Å²) in [5.41, 5.74) is 1.24. The molecule has 6 rings (SSSR count). The van der Waals surface area contributed by atoms with Crippen LogP contribution in [0.3, 0.4) is 0 Å². The van der Waals surface area contributed by atoms with Gasteiger partial charge in [0.25, 0.3) is 0 Å². The molecular weight excluding hydrogens is 506 g/mol. The van der Waals surface area contributed by atoms with Gasteiger partial charge in [0.2, 0.25) is 0 Å². The topological polar surface area (TPSA) is 56.7 Å². The predicted molar refractivity (Wildman–Crippen MR) is 139 cm³/mol. The van der Waals surface area contributed by atoms with Crippen molar-refractivity contribution in [2.24, 2.45) is 17.0 Å². The fourth-order valence-electron chi connectivity index (χ4n) is 6.27. The first kappa shape index (κ1) is 25.3. The average Bonchev–Trinajstić information content (AvgIpc) is 2.95. The van der Waals surface area contributed by atoms with Crippen molar-refractivity contribution >= 4 is 5.71 Å². The van der Waals surface area contributed by atoms with E-state index in [4.69, 9.17) is 0 Å². The molecule has 0 amide bonds. The highest BCUT2D eigenvalue weighted by Gasteiger charge is 2.55. The Morgan fingerprint density at radius 2 is 0.718 bits per heavy atom. The Balaban J connectivity index is 1.61. The predicted octanol–water partition coefficient (Wildman–Crippen LogP) is 6.78. The highest BCUT2D eigenvalue weighted by atomic mass is 19.1. The van der Waals surface area contributed by atoms with Gasteiger partial charge in [-0.3, -0.25) is 0 Å². The van der Waals surface area contributed by atoms with Crippen LogP contribution < -0.4 is 10.6 Å². The van der Waals surface area contributed by atoms with Gasteiger partial charge in [-0.25, -0.2) is 17.6 Å². The average molecular weight is 532 g/mol. The smallest absolute Gasteiger partial charge is 0.128 e. The molecule has 3 N–H and O–H groups in total. The Hall–Kier alpha value is -4.01. The first-order valence-electron chi connectivity index (χ1n) is 12.7. The maximum atomic E-state index is 15.3. The van der Waals surface area contributed by atoms with Gasteiger partial charge >= 0.3 is 0 Å². The maximum Gasteiger partial charge on any atom is 0.128 e. The highest BCUT2D eigenvalue weighted by molar-refractivity contribution is 5.93. The molecule has 39 heavy (non-hydrogen) atoms. The van der Waals surface area contributed by atoms with Gasteiger partial charge < -0.3 is 15.8 Å². The number of hydrogen-bond donors (Lipinski definition) is 3. The quantitative estimate of drug-likeness (QED) is 0.155. The van der Waals surface area contributed by atoms with Crippen LogP contribution in [0, 0.1) is 35.1 Å². The van der Waals surface area contributed by atoms with Crippen molar-refractivity contribution in [1.29, 1.82) is 0 Å². The molecule has 2 aliphatic rings. The third-order valence-electron chi connectivity index (χ3n) is 7.91. The molecule has 4 unspecified atom stereocenters. The summed E-state index contributed by atoms with van der Waals surface area (Å²) in [4.78, 5) is 0. The van der Waals surface area contributed by atoms with Crippen molar-refractivity contribution in [3.8, 4) is 0 Å². The number of halogens is 4. The molecule has 2 heterocycles. The number of fused-ring (bicyclic) bond motifs is 2. The third kappa shape index (κ3) is 4.30. The standard InChI is InChI=1S/C31H25F4N3O/c32-21-13-5-1-9-17(21)27-25-28(18-10-2-6-14-22(18)33)37-30(20-12-4-8-16-24(20)35)26(31(25)38-39)29(36-27)19-11-3-7-15-23(19)34/h1-16,25-30,36-37,39H. The first-order valence-corrected chi connectivity index (χ1v) is 12.7. The molecule has 2 aliphatic heterocycles. The zero-order chi connectivity index (χ0) is 27.1. The van der Waals surface area contributed by atoms with Crippen LogP contribution in [-0.2, 0) is 0 Å². The molecule has 4 aromatic rings.